The molecule has 3 aromatic rings. The van der Waals surface area contributed by atoms with Crippen LogP contribution in [0, 0.1) is 0 Å². The number of pyridine rings is 1. The molecule has 0 aliphatic rings. The molecule has 0 spiro atoms. The highest BCUT2D eigenvalue weighted by molar-refractivity contribution is 7.99. The molecule has 4 nitrogen and oxygen atoms in total. The van der Waals surface area contributed by atoms with E-state index in [1.165, 1.54) is 11.8 Å². The van der Waals surface area contributed by atoms with Crippen molar-refractivity contribution < 1.29 is 5.11 Å². The van der Waals surface area contributed by atoms with Crippen molar-refractivity contribution >= 4 is 35.0 Å². The van der Waals surface area contributed by atoms with Crippen molar-refractivity contribution in [2.45, 2.75) is 42.2 Å². The molecule has 0 bridgehead atoms. The lowest BCUT2D eigenvalue weighted by Gasteiger charge is -2.07. The first-order valence-corrected chi connectivity index (χ1v) is 9.80. The van der Waals surface area contributed by atoms with Crippen molar-refractivity contribution in [1.29, 1.82) is 0 Å². The molecule has 26 heavy (non-hydrogen) atoms. The third-order valence-electron chi connectivity index (χ3n) is 3.84. The van der Waals surface area contributed by atoms with Crippen LogP contribution in [0.1, 0.15) is 43.0 Å². The van der Waals surface area contributed by atoms with Crippen molar-refractivity contribution in [3.8, 4) is 0 Å². The van der Waals surface area contributed by atoms with Gasteiger partial charge in [0.2, 0.25) is 0 Å². The number of rotatable bonds is 6. The first-order valence-electron chi connectivity index (χ1n) is 8.23. The number of halogens is 2. The Labute approximate surface area is 167 Å². The second-order valence-corrected chi connectivity index (χ2v) is 8.21. The normalized spacial score (nSPS) is 12.5. The van der Waals surface area contributed by atoms with E-state index in [0.717, 1.165) is 21.2 Å². The highest BCUT2D eigenvalue weighted by atomic mass is 35.5. The minimum atomic E-state index is -0.716. The zero-order valence-corrected chi connectivity index (χ0v) is 16.7. The van der Waals surface area contributed by atoms with Crippen molar-refractivity contribution in [3.05, 3.63) is 69.9 Å². The minimum Gasteiger partial charge on any atom is -0.385 e. The van der Waals surface area contributed by atoms with Crippen LogP contribution in [-0.4, -0.2) is 20.1 Å². The summed E-state index contributed by atoms with van der Waals surface area (Å²) in [6.45, 7) is 4.17. The van der Waals surface area contributed by atoms with Crippen LogP contribution < -0.4 is 0 Å². The van der Waals surface area contributed by atoms with Crippen molar-refractivity contribution in [2.24, 2.45) is 0 Å². The molecular formula is C19H19Cl2N3OS. The summed E-state index contributed by atoms with van der Waals surface area (Å²) in [5, 5.41) is 12.6. The van der Waals surface area contributed by atoms with E-state index in [9.17, 15) is 5.11 Å². The molecule has 136 valence electrons. The SMILES string of the molecule is CC(C)c1[nH]c(C(O)Cc2ccncc2)nc1Sc1cc(Cl)cc(Cl)c1. The molecule has 2 aromatic heterocycles. The molecule has 0 saturated carbocycles. The quantitative estimate of drug-likeness (QED) is 0.552. The monoisotopic (exact) mass is 407 g/mol. The Morgan fingerprint density at radius 1 is 1.12 bits per heavy atom. The van der Waals surface area contributed by atoms with Gasteiger partial charge in [-0.25, -0.2) is 4.98 Å². The molecule has 0 fully saturated rings. The molecule has 1 aromatic carbocycles. The number of aromatic amines is 1. The fourth-order valence-electron chi connectivity index (χ4n) is 2.55. The minimum absolute atomic E-state index is 0.238. The summed E-state index contributed by atoms with van der Waals surface area (Å²) in [6.07, 6.45) is 3.19. The predicted molar refractivity (Wildman–Crippen MR) is 106 cm³/mol. The van der Waals surface area contributed by atoms with E-state index in [1.807, 2.05) is 24.3 Å². The Bertz CT molecular complexity index is 863. The number of hydrogen-bond acceptors (Lipinski definition) is 4. The summed E-state index contributed by atoms with van der Waals surface area (Å²) in [4.78, 5) is 12.8. The van der Waals surface area contributed by atoms with Gasteiger partial charge in [0, 0.05) is 33.8 Å². The lowest BCUT2D eigenvalue weighted by molar-refractivity contribution is 0.169. The highest BCUT2D eigenvalue weighted by Crippen LogP contribution is 2.36. The fraction of sp³-hybridized carbons (Fsp3) is 0.263. The standard InChI is InChI=1S/C19H19Cl2N3OS/c1-11(2)17-19(26-15-9-13(20)8-14(21)10-15)24-18(23-17)16(25)7-12-3-5-22-6-4-12/h3-6,8-11,16,25H,7H2,1-2H3,(H,23,24). The summed E-state index contributed by atoms with van der Waals surface area (Å²) in [5.74, 6) is 0.794. The van der Waals surface area contributed by atoms with Gasteiger partial charge in [-0.2, -0.15) is 0 Å². The number of aliphatic hydroxyl groups is 1. The number of aromatic nitrogens is 3. The highest BCUT2D eigenvalue weighted by Gasteiger charge is 2.19. The average molecular weight is 408 g/mol. The molecule has 0 radical (unpaired) electrons. The van der Waals surface area contributed by atoms with E-state index < -0.39 is 6.10 Å². The Morgan fingerprint density at radius 2 is 1.77 bits per heavy atom. The number of nitrogens with one attached hydrogen (secondary N) is 1. The van der Waals surface area contributed by atoms with Crippen molar-refractivity contribution in [1.82, 2.24) is 15.0 Å². The zero-order valence-electron chi connectivity index (χ0n) is 14.4. The van der Waals surface area contributed by atoms with Crippen LogP contribution in [-0.2, 0) is 6.42 Å². The number of benzene rings is 1. The van der Waals surface area contributed by atoms with E-state index in [1.54, 1.807) is 18.5 Å². The van der Waals surface area contributed by atoms with Crippen LogP contribution in [0.5, 0.6) is 0 Å². The first-order chi connectivity index (χ1) is 12.4. The van der Waals surface area contributed by atoms with Crippen molar-refractivity contribution in [2.75, 3.05) is 0 Å². The zero-order chi connectivity index (χ0) is 18.7. The maximum absolute atomic E-state index is 10.6. The lowest BCUT2D eigenvalue weighted by atomic mass is 10.1. The van der Waals surface area contributed by atoms with Crippen LogP contribution in [0.3, 0.4) is 0 Å². The molecular weight excluding hydrogens is 389 g/mol. The average Bonchev–Trinajstić information content (AvgIpc) is 2.99. The van der Waals surface area contributed by atoms with Crippen LogP contribution in [0.25, 0.3) is 0 Å². The van der Waals surface area contributed by atoms with Gasteiger partial charge in [0.05, 0.1) is 5.69 Å². The van der Waals surface area contributed by atoms with E-state index in [4.69, 9.17) is 23.2 Å². The smallest absolute Gasteiger partial charge is 0.136 e. The molecule has 2 N–H and O–H groups in total. The Morgan fingerprint density at radius 3 is 2.38 bits per heavy atom. The molecule has 0 amide bonds. The first kappa shape index (κ1) is 19.2. The maximum Gasteiger partial charge on any atom is 0.136 e. The van der Waals surface area contributed by atoms with Gasteiger partial charge in [-0.3, -0.25) is 4.98 Å². The lowest BCUT2D eigenvalue weighted by Crippen LogP contribution is -2.04. The Kier molecular flexibility index (Phi) is 6.24. The fourth-order valence-corrected chi connectivity index (χ4v) is 4.34. The molecule has 1 atom stereocenters. The van der Waals surface area contributed by atoms with Crippen LogP contribution in [0.4, 0.5) is 0 Å². The summed E-state index contributed by atoms with van der Waals surface area (Å²) in [7, 11) is 0. The van der Waals surface area contributed by atoms with Gasteiger partial charge in [0.15, 0.2) is 0 Å². The van der Waals surface area contributed by atoms with Crippen molar-refractivity contribution in [3.63, 3.8) is 0 Å². The second-order valence-electron chi connectivity index (χ2n) is 6.28. The summed E-state index contributed by atoms with van der Waals surface area (Å²) in [5.41, 5.74) is 1.99. The molecule has 3 rings (SSSR count). The number of nitrogens with zero attached hydrogens (tertiary/aromatic N) is 2. The topological polar surface area (TPSA) is 61.8 Å². The number of imidazole rings is 1. The van der Waals surface area contributed by atoms with Gasteiger partial charge < -0.3 is 10.1 Å². The van der Waals surface area contributed by atoms with Gasteiger partial charge in [0.25, 0.3) is 0 Å². The van der Waals surface area contributed by atoms with E-state index in [2.05, 4.69) is 28.8 Å². The molecule has 0 aliphatic carbocycles. The number of aliphatic hydroxyl groups excluding tert-OH is 1. The summed E-state index contributed by atoms with van der Waals surface area (Å²) < 4.78 is 0. The maximum atomic E-state index is 10.6. The summed E-state index contributed by atoms with van der Waals surface area (Å²) >= 11 is 13.7. The number of H-pyrrole nitrogens is 1. The van der Waals surface area contributed by atoms with Crippen LogP contribution in [0.2, 0.25) is 10.0 Å². The van der Waals surface area contributed by atoms with Gasteiger partial charge >= 0.3 is 0 Å². The van der Waals surface area contributed by atoms with Crippen LogP contribution in [0.15, 0.2) is 52.6 Å². The largest absolute Gasteiger partial charge is 0.385 e. The van der Waals surface area contributed by atoms with Gasteiger partial charge in [0.1, 0.15) is 17.0 Å². The molecule has 2 heterocycles. The molecule has 0 saturated heterocycles. The molecule has 1 unspecified atom stereocenters. The van der Waals surface area contributed by atoms with E-state index in [0.29, 0.717) is 22.3 Å². The predicted octanol–water partition coefficient (Wildman–Crippen LogP) is 5.66. The molecule has 7 heteroatoms. The van der Waals surface area contributed by atoms with E-state index >= 15 is 0 Å². The number of hydrogen-bond donors (Lipinski definition) is 2. The third kappa shape index (κ3) is 4.80. The van der Waals surface area contributed by atoms with Gasteiger partial charge in [-0.15, -0.1) is 0 Å². The Hall–Kier alpha value is -1.53. The summed E-state index contributed by atoms with van der Waals surface area (Å²) in [6, 6.07) is 9.18. The third-order valence-corrected chi connectivity index (χ3v) is 5.25. The van der Waals surface area contributed by atoms with Crippen LogP contribution >= 0.6 is 35.0 Å². The van der Waals surface area contributed by atoms with Gasteiger partial charge in [-0.05, 0) is 41.8 Å². The second kappa shape index (κ2) is 8.44. The van der Waals surface area contributed by atoms with E-state index in [-0.39, 0.29) is 5.92 Å². The van der Waals surface area contributed by atoms with Gasteiger partial charge in [-0.1, -0.05) is 48.8 Å². The Balaban J connectivity index is 1.86. The molecule has 0 aliphatic heterocycles.